The Kier molecular flexibility index (Phi) is 8.17. The van der Waals surface area contributed by atoms with E-state index in [4.69, 9.17) is 4.74 Å². The van der Waals surface area contributed by atoms with Gasteiger partial charge < -0.3 is 15.4 Å². The molecule has 0 saturated heterocycles. The average molecular weight is 420 g/mol. The molecule has 0 aliphatic carbocycles. The maximum Gasteiger partial charge on any atom is 0.240 e. The van der Waals surface area contributed by atoms with Gasteiger partial charge in [0.2, 0.25) is 21.8 Å². The topological polar surface area (TPSA) is 114 Å². The third-order valence-electron chi connectivity index (χ3n) is 3.82. The maximum atomic E-state index is 12.3. The molecule has 2 aromatic rings. The molecule has 0 atom stereocenters. The summed E-state index contributed by atoms with van der Waals surface area (Å²) < 4.78 is 32.3. The van der Waals surface area contributed by atoms with E-state index in [1.165, 1.54) is 31.2 Å². The van der Waals surface area contributed by atoms with Gasteiger partial charge in [0.15, 0.2) is 0 Å². The summed E-state index contributed by atoms with van der Waals surface area (Å²) in [5.41, 5.74) is 1.35. The predicted octanol–water partition coefficient (Wildman–Crippen LogP) is 1.68. The maximum absolute atomic E-state index is 12.3. The van der Waals surface area contributed by atoms with Crippen molar-refractivity contribution < 1.29 is 22.7 Å². The first kappa shape index (κ1) is 22.4. The SMILES string of the molecule is CCOc1ccc(CC(=O)NCCNS(=O)(=O)c2ccc(NC(C)=O)cc2)cc1. The lowest BCUT2D eigenvalue weighted by molar-refractivity contribution is -0.120. The van der Waals surface area contributed by atoms with Crippen LogP contribution in [0.1, 0.15) is 19.4 Å². The minimum atomic E-state index is -3.70. The summed E-state index contributed by atoms with van der Waals surface area (Å²) in [5, 5.41) is 5.25. The van der Waals surface area contributed by atoms with Gasteiger partial charge in [0, 0.05) is 25.7 Å². The van der Waals surface area contributed by atoms with Gasteiger partial charge in [-0.05, 0) is 48.9 Å². The fourth-order valence-corrected chi connectivity index (χ4v) is 3.54. The first-order chi connectivity index (χ1) is 13.8. The summed E-state index contributed by atoms with van der Waals surface area (Å²) in [6.07, 6.45) is 0.198. The van der Waals surface area contributed by atoms with E-state index in [2.05, 4.69) is 15.4 Å². The van der Waals surface area contributed by atoms with Crippen molar-refractivity contribution in [2.45, 2.75) is 25.2 Å². The summed E-state index contributed by atoms with van der Waals surface area (Å²) >= 11 is 0. The monoisotopic (exact) mass is 419 g/mol. The van der Waals surface area contributed by atoms with Crippen molar-refractivity contribution >= 4 is 27.5 Å². The first-order valence-electron chi connectivity index (χ1n) is 9.16. The van der Waals surface area contributed by atoms with Crippen molar-refractivity contribution in [3.8, 4) is 5.75 Å². The second-order valence-electron chi connectivity index (χ2n) is 6.21. The number of nitrogens with one attached hydrogen (secondary N) is 3. The number of amides is 2. The number of benzene rings is 2. The molecule has 2 aromatic carbocycles. The van der Waals surface area contributed by atoms with Crippen LogP contribution in [0.2, 0.25) is 0 Å². The predicted molar refractivity (Wildman–Crippen MR) is 110 cm³/mol. The zero-order chi connectivity index (χ0) is 21.3. The summed E-state index contributed by atoms with van der Waals surface area (Å²) in [6.45, 7) is 4.08. The third-order valence-corrected chi connectivity index (χ3v) is 5.30. The Bertz CT molecular complexity index is 926. The number of rotatable bonds is 10. The molecular formula is C20H25N3O5S. The average Bonchev–Trinajstić information content (AvgIpc) is 2.67. The lowest BCUT2D eigenvalue weighted by Crippen LogP contribution is -2.35. The Morgan fingerprint density at radius 2 is 1.62 bits per heavy atom. The highest BCUT2D eigenvalue weighted by Gasteiger charge is 2.13. The molecule has 0 fully saturated rings. The summed E-state index contributed by atoms with van der Waals surface area (Å²) in [4.78, 5) is 23.1. The largest absolute Gasteiger partial charge is 0.494 e. The van der Waals surface area contributed by atoms with E-state index in [1.54, 1.807) is 12.1 Å². The van der Waals surface area contributed by atoms with Crippen LogP contribution in [-0.2, 0) is 26.0 Å². The van der Waals surface area contributed by atoms with Crippen molar-refractivity contribution in [2.75, 3.05) is 25.0 Å². The number of hydrogen-bond donors (Lipinski definition) is 3. The van der Waals surface area contributed by atoms with Crippen LogP contribution in [0.3, 0.4) is 0 Å². The van der Waals surface area contributed by atoms with Gasteiger partial charge in [0.05, 0.1) is 17.9 Å². The molecule has 9 heteroatoms. The van der Waals surface area contributed by atoms with E-state index < -0.39 is 10.0 Å². The molecular weight excluding hydrogens is 394 g/mol. The Labute approximate surface area is 170 Å². The van der Waals surface area contributed by atoms with E-state index in [-0.39, 0.29) is 36.2 Å². The van der Waals surface area contributed by atoms with Crippen molar-refractivity contribution in [2.24, 2.45) is 0 Å². The second-order valence-corrected chi connectivity index (χ2v) is 7.97. The van der Waals surface area contributed by atoms with Gasteiger partial charge in [0.25, 0.3) is 0 Å². The van der Waals surface area contributed by atoms with Gasteiger partial charge >= 0.3 is 0 Å². The zero-order valence-electron chi connectivity index (χ0n) is 16.4. The Balaban J connectivity index is 1.76. The quantitative estimate of drug-likeness (QED) is 0.507. The zero-order valence-corrected chi connectivity index (χ0v) is 17.2. The fraction of sp³-hybridized carbons (Fsp3) is 0.300. The summed E-state index contributed by atoms with van der Waals surface area (Å²) in [5.74, 6) is 0.309. The molecule has 0 heterocycles. The van der Waals surface area contributed by atoms with Crippen molar-refractivity contribution in [3.63, 3.8) is 0 Å². The molecule has 2 amide bonds. The molecule has 0 saturated carbocycles. The molecule has 0 unspecified atom stereocenters. The number of sulfonamides is 1. The molecule has 3 N–H and O–H groups in total. The van der Waals surface area contributed by atoms with Gasteiger partial charge in [-0.3, -0.25) is 9.59 Å². The van der Waals surface area contributed by atoms with Crippen LogP contribution in [0, 0.1) is 0 Å². The van der Waals surface area contributed by atoms with Crippen LogP contribution in [0.15, 0.2) is 53.4 Å². The van der Waals surface area contributed by atoms with E-state index in [9.17, 15) is 18.0 Å². The Morgan fingerprint density at radius 3 is 2.21 bits per heavy atom. The van der Waals surface area contributed by atoms with Crippen molar-refractivity contribution in [1.82, 2.24) is 10.0 Å². The minimum absolute atomic E-state index is 0.0603. The van der Waals surface area contributed by atoms with Crippen LogP contribution >= 0.6 is 0 Å². The van der Waals surface area contributed by atoms with E-state index in [1.807, 2.05) is 19.1 Å². The Morgan fingerprint density at radius 1 is 0.966 bits per heavy atom. The third kappa shape index (κ3) is 7.55. The van der Waals surface area contributed by atoms with Gasteiger partial charge in [-0.15, -0.1) is 0 Å². The van der Waals surface area contributed by atoms with Crippen LogP contribution < -0.4 is 20.1 Å². The van der Waals surface area contributed by atoms with Crippen LogP contribution in [0.25, 0.3) is 0 Å². The number of anilines is 1. The van der Waals surface area contributed by atoms with Crippen LogP contribution in [-0.4, -0.2) is 39.9 Å². The van der Waals surface area contributed by atoms with Crippen molar-refractivity contribution in [1.29, 1.82) is 0 Å². The molecule has 0 aromatic heterocycles. The molecule has 0 aliphatic heterocycles. The van der Waals surface area contributed by atoms with E-state index >= 15 is 0 Å². The summed E-state index contributed by atoms with van der Waals surface area (Å²) in [6, 6.07) is 13.1. The van der Waals surface area contributed by atoms with Gasteiger partial charge in [0.1, 0.15) is 5.75 Å². The number of carbonyl (C=O) groups is 2. The molecule has 29 heavy (non-hydrogen) atoms. The van der Waals surface area contributed by atoms with E-state index in [0.717, 1.165) is 11.3 Å². The molecule has 156 valence electrons. The van der Waals surface area contributed by atoms with E-state index in [0.29, 0.717) is 12.3 Å². The second kappa shape index (κ2) is 10.6. The highest BCUT2D eigenvalue weighted by molar-refractivity contribution is 7.89. The smallest absolute Gasteiger partial charge is 0.240 e. The lowest BCUT2D eigenvalue weighted by Gasteiger charge is -2.09. The molecule has 0 spiro atoms. The summed E-state index contributed by atoms with van der Waals surface area (Å²) in [7, 11) is -3.70. The molecule has 0 bridgehead atoms. The normalized spacial score (nSPS) is 11.0. The highest BCUT2D eigenvalue weighted by atomic mass is 32.2. The van der Waals surface area contributed by atoms with Crippen LogP contribution in [0.4, 0.5) is 5.69 Å². The Hall–Kier alpha value is -2.91. The van der Waals surface area contributed by atoms with Gasteiger partial charge in [-0.1, -0.05) is 12.1 Å². The van der Waals surface area contributed by atoms with Gasteiger partial charge in [-0.25, -0.2) is 13.1 Å². The van der Waals surface area contributed by atoms with Crippen LogP contribution in [0.5, 0.6) is 5.75 Å². The fourth-order valence-electron chi connectivity index (χ4n) is 2.51. The number of ether oxygens (including phenoxy) is 1. The van der Waals surface area contributed by atoms with Crippen molar-refractivity contribution in [3.05, 3.63) is 54.1 Å². The lowest BCUT2D eigenvalue weighted by atomic mass is 10.1. The van der Waals surface area contributed by atoms with Gasteiger partial charge in [-0.2, -0.15) is 0 Å². The molecule has 0 aliphatic rings. The first-order valence-corrected chi connectivity index (χ1v) is 10.6. The minimum Gasteiger partial charge on any atom is -0.494 e. The molecule has 0 radical (unpaired) electrons. The molecule has 8 nitrogen and oxygen atoms in total. The number of carbonyl (C=O) groups excluding carboxylic acids is 2. The molecule has 2 rings (SSSR count). The standard InChI is InChI=1S/C20H25N3O5S/c1-3-28-18-8-4-16(5-9-18)14-20(25)21-12-13-22-29(26,27)19-10-6-17(7-11-19)23-15(2)24/h4-11,22H,3,12-14H2,1-2H3,(H,21,25)(H,23,24). The number of hydrogen-bond acceptors (Lipinski definition) is 5. The highest BCUT2D eigenvalue weighted by Crippen LogP contribution is 2.14.